The van der Waals surface area contributed by atoms with E-state index in [0.717, 1.165) is 17.6 Å². The van der Waals surface area contributed by atoms with Crippen molar-refractivity contribution in [3.05, 3.63) is 41.0 Å². The molecule has 0 aliphatic heterocycles. The smallest absolute Gasteiger partial charge is 0.0991 e. The molecule has 0 saturated carbocycles. The van der Waals surface area contributed by atoms with Gasteiger partial charge in [-0.3, -0.25) is 0 Å². The Hall–Kier alpha value is -1.59. The Balaban J connectivity index is 2.88. The standard InChI is InChI=1S/C12H13NO/c1-2-10(9-14)7-11-3-5-12(8-13)6-4-11/h3-7,14H,2,9H2,1H3. The van der Waals surface area contributed by atoms with E-state index in [4.69, 9.17) is 10.4 Å². The number of hydrogen-bond acceptors (Lipinski definition) is 2. The lowest BCUT2D eigenvalue weighted by molar-refractivity contribution is 0.329. The highest BCUT2D eigenvalue weighted by atomic mass is 16.3. The van der Waals surface area contributed by atoms with Gasteiger partial charge in [0.1, 0.15) is 0 Å². The highest BCUT2D eigenvalue weighted by Gasteiger charge is 1.93. The third kappa shape index (κ3) is 2.72. The molecular formula is C12H13NO. The van der Waals surface area contributed by atoms with Crippen molar-refractivity contribution < 1.29 is 5.11 Å². The van der Waals surface area contributed by atoms with E-state index in [-0.39, 0.29) is 6.61 Å². The Labute approximate surface area is 84.1 Å². The molecule has 0 heterocycles. The summed E-state index contributed by atoms with van der Waals surface area (Å²) < 4.78 is 0. The van der Waals surface area contributed by atoms with Crippen LogP contribution in [-0.2, 0) is 0 Å². The molecule has 2 nitrogen and oxygen atoms in total. The number of nitriles is 1. The Bertz CT molecular complexity index is 351. The molecule has 0 fully saturated rings. The second-order valence-corrected chi connectivity index (χ2v) is 3.05. The van der Waals surface area contributed by atoms with E-state index < -0.39 is 0 Å². The first-order valence-corrected chi connectivity index (χ1v) is 4.60. The molecule has 0 aliphatic rings. The second-order valence-electron chi connectivity index (χ2n) is 3.05. The largest absolute Gasteiger partial charge is 0.392 e. The van der Waals surface area contributed by atoms with E-state index in [2.05, 4.69) is 6.07 Å². The molecule has 0 bridgehead atoms. The van der Waals surface area contributed by atoms with Crippen LogP contribution in [-0.4, -0.2) is 11.7 Å². The van der Waals surface area contributed by atoms with Gasteiger partial charge in [0.25, 0.3) is 0 Å². The van der Waals surface area contributed by atoms with E-state index in [1.54, 1.807) is 12.1 Å². The van der Waals surface area contributed by atoms with Crippen molar-refractivity contribution in [1.82, 2.24) is 0 Å². The van der Waals surface area contributed by atoms with E-state index in [1.165, 1.54) is 0 Å². The van der Waals surface area contributed by atoms with Crippen LogP contribution >= 0.6 is 0 Å². The summed E-state index contributed by atoms with van der Waals surface area (Å²) in [5.74, 6) is 0. The molecule has 1 rings (SSSR count). The average molecular weight is 187 g/mol. The zero-order valence-electron chi connectivity index (χ0n) is 8.20. The zero-order valence-corrected chi connectivity index (χ0v) is 8.20. The highest BCUT2D eigenvalue weighted by molar-refractivity contribution is 5.54. The van der Waals surface area contributed by atoms with Gasteiger partial charge < -0.3 is 5.11 Å². The Morgan fingerprint density at radius 1 is 1.43 bits per heavy atom. The summed E-state index contributed by atoms with van der Waals surface area (Å²) >= 11 is 0. The van der Waals surface area contributed by atoms with Crippen LogP contribution in [0.15, 0.2) is 29.8 Å². The molecular weight excluding hydrogens is 174 g/mol. The molecule has 1 N–H and O–H groups in total. The number of rotatable bonds is 3. The number of aliphatic hydroxyl groups excluding tert-OH is 1. The van der Waals surface area contributed by atoms with E-state index >= 15 is 0 Å². The van der Waals surface area contributed by atoms with Crippen molar-refractivity contribution in [1.29, 1.82) is 5.26 Å². The van der Waals surface area contributed by atoms with Gasteiger partial charge >= 0.3 is 0 Å². The summed E-state index contributed by atoms with van der Waals surface area (Å²) in [5.41, 5.74) is 2.67. The van der Waals surface area contributed by atoms with Gasteiger partial charge in [-0.2, -0.15) is 5.26 Å². The van der Waals surface area contributed by atoms with Gasteiger partial charge in [0.05, 0.1) is 18.2 Å². The first-order valence-electron chi connectivity index (χ1n) is 4.60. The van der Waals surface area contributed by atoms with Gasteiger partial charge in [0, 0.05) is 0 Å². The van der Waals surface area contributed by atoms with Crippen molar-refractivity contribution >= 4 is 6.08 Å². The fraction of sp³-hybridized carbons (Fsp3) is 0.250. The van der Waals surface area contributed by atoms with Crippen LogP contribution in [0, 0.1) is 11.3 Å². The lowest BCUT2D eigenvalue weighted by Crippen LogP contribution is -1.87. The van der Waals surface area contributed by atoms with Crippen LogP contribution in [0.3, 0.4) is 0 Å². The summed E-state index contributed by atoms with van der Waals surface area (Å²) in [6.07, 6.45) is 2.79. The van der Waals surface area contributed by atoms with E-state index in [0.29, 0.717) is 5.56 Å². The molecule has 0 aromatic heterocycles. The van der Waals surface area contributed by atoms with Crippen LogP contribution < -0.4 is 0 Å². The summed E-state index contributed by atoms with van der Waals surface area (Å²) in [5, 5.41) is 17.6. The molecule has 0 atom stereocenters. The van der Waals surface area contributed by atoms with E-state index in [9.17, 15) is 0 Å². The van der Waals surface area contributed by atoms with Crippen LogP contribution in [0.25, 0.3) is 6.08 Å². The number of aliphatic hydroxyl groups is 1. The molecule has 14 heavy (non-hydrogen) atoms. The minimum absolute atomic E-state index is 0.0938. The third-order valence-corrected chi connectivity index (χ3v) is 2.07. The first kappa shape index (κ1) is 10.5. The number of hydrogen-bond donors (Lipinski definition) is 1. The predicted octanol–water partition coefficient (Wildman–Crippen LogP) is 2.34. The molecule has 1 aromatic carbocycles. The average Bonchev–Trinajstić information content (AvgIpc) is 2.26. The zero-order chi connectivity index (χ0) is 10.4. The molecule has 72 valence electrons. The summed E-state index contributed by atoms with van der Waals surface area (Å²) in [6.45, 7) is 2.10. The maximum atomic E-state index is 8.97. The van der Waals surface area contributed by atoms with Gasteiger partial charge in [-0.1, -0.05) is 25.1 Å². The summed E-state index contributed by atoms with van der Waals surface area (Å²) in [7, 11) is 0. The molecule has 0 saturated heterocycles. The van der Waals surface area contributed by atoms with Crippen molar-refractivity contribution in [2.45, 2.75) is 13.3 Å². The lowest BCUT2D eigenvalue weighted by Gasteiger charge is -1.99. The molecule has 0 radical (unpaired) electrons. The normalized spacial score (nSPS) is 11.1. The van der Waals surface area contributed by atoms with E-state index in [1.807, 2.05) is 25.1 Å². The quantitative estimate of drug-likeness (QED) is 0.789. The maximum absolute atomic E-state index is 8.97. The van der Waals surface area contributed by atoms with Crippen LogP contribution in [0.4, 0.5) is 0 Å². The second kappa shape index (κ2) is 5.21. The third-order valence-electron chi connectivity index (χ3n) is 2.07. The summed E-state index contributed by atoms with van der Waals surface area (Å²) in [6, 6.07) is 9.37. The fourth-order valence-corrected chi connectivity index (χ4v) is 1.15. The molecule has 1 aromatic rings. The van der Waals surface area contributed by atoms with Gasteiger partial charge in [0.2, 0.25) is 0 Å². The predicted molar refractivity (Wildman–Crippen MR) is 56.5 cm³/mol. The van der Waals surface area contributed by atoms with Gasteiger partial charge in [0.15, 0.2) is 0 Å². The van der Waals surface area contributed by atoms with Gasteiger partial charge in [-0.25, -0.2) is 0 Å². The molecule has 2 heteroatoms. The minimum Gasteiger partial charge on any atom is -0.392 e. The number of nitrogens with zero attached hydrogens (tertiary/aromatic N) is 1. The first-order chi connectivity index (χ1) is 6.80. The monoisotopic (exact) mass is 187 g/mol. The minimum atomic E-state index is 0.0938. The van der Waals surface area contributed by atoms with Crippen molar-refractivity contribution in [3.63, 3.8) is 0 Å². The Morgan fingerprint density at radius 3 is 2.50 bits per heavy atom. The topological polar surface area (TPSA) is 44.0 Å². The summed E-state index contributed by atoms with van der Waals surface area (Å²) in [4.78, 5) is 0. The Morgan fingerprint density at radius 2 is 2.07 bits per heavy atom. The SMILES string of the molecule is CCC(=Cc1ccc(C#N)cc1)CO. The molecule has 0 aliphatic carbocycles. The molecule has 0 spiro atoms. The van der Waals surface area contributed by atoms with Crippen LogP contribution in [0.1, 0.15) is 24.5 Å². The lowest BCUT2D eigenvalue weighted by atomic mass is 10.1. The van der Waals surface area contributed by atoms with Crippen molar-refractivity contribution in [3.8, 4) is 6.07 Å². The molecule has 0 unspecified atom stereocenters. The van der Waals surface area contributed by atoms with Crippen molar-refractivity contribution in [2.75, 3.05) is 6.61 Å². The molecule has 0 amide bonds. The van der Waals surface area contributed by atoms with Crippen molar-refractivity contribution in [2.24, 2.45) is 0 Å². The highest BCUT2D eigenvalue weighted by Crippen LogP contribution is 2.10. The maximum Gasteiger partial charge on any atom is 0.0991 e. The van der Waals surface area contributed by atoms with Gasteiger partial charge in [-0.15, -0.1) is 0 Å². The van der Waals surface area contributed by atoms with Crippen LogP contribution in [0.5, 0.6) is 0 Å². The Kier molecular flexibility index (Phi) is 3.90. The fourth-order valence-electron chi connectivity index (χ4n) is 1.15. The van der Waals surface area contributed by atoms with Gasteiger partial charge in [-0.05, 0) is 29.7 Å². The number of benzene rings is 1. The van der Waals surface area contributed by atoms with Crippen LogP contribution in [0.2, 0.25) is 0 Å².